The van der Waals surface area contributed by atoms with Crippen molar-refractivity contribution in [3.8, 4) is 0 Å². The van der Waals surface area contributed by atoms with E-state index in [1.54, 1.807) is 23.2 Å². The quantitative estimate of drug-likeness (QED) is 0.440. The number of hydrogen-bond acceptors (Lipinski definition) is 8. The van der Waals surface area contributed by atoms with E-state index in [1.807, 2.05) is 0 Å². The van der Waals surface area contributed by atoms with Crippen LogP contribution in [0.4, 0.5) is 5.00 Å². The third kappa shape index (κ3) is 6.30. The Hall–Kier alpha value is -1.88. The van der Waals surface area contributed by atoms with Gasteiger partial charge in [0.05, 0.1) is 11.3 Å². The maximum Gasteiger partial charge on any atom is 0.251 e. The zero-order valence-corrected chi connectivity index (χ0v) is 19.1. The van der Waals surface area contributed by atoms with Gasteiger partial charge >= 0.3 is 0 Å². The second-order valence-electron chi connectivity index (χ2n) is 6.38. The maximum atomic E-state index is 12.1. The van der Waals surface area contributed by atoms with Crippen molar-refractivity contribution in [2.75, 3.05) is 11.1 Å². The van der Waals surface area contributed by atoms with Crippen LogP contribution in [0.1, 0.15) is 41.3 Å². The van der Waals surface area contributed by atoms with Crippen molar-refractivity contribution < 1.29 is 9.59 Å². The highest BCUT2D eigenvalue weighted by Crippen LogP contribution is 2.31. The summed E-state index contributed by atoms with van der Waals surface area (Å²) in [5.41, 5.74) is 8.18. The van der Waals surface area contributed by atoms with Gasteiger partial charge in [-0.05, 0) is 28.5 Å². The molecule has 10 heteroatoms. The Morgan fingerprint density at radius 2 is 1.79 bits per heavy atom. The van der Waals surface area contributed by atoms with Crippen molar-refractivity contribution in [2.24, 2.45) is 5.73 Å². The first-order chi connectivity index (χ1) is 13.9. The summed E-state index contributed by atoms with van der Waals surface area (Å²) in [6.45, 7) is 4.36. The van der Waals surface area contributed by atoms with Gasteiger partial charge in [-0.2, -0.15) is 0 Å². The number of carbonyl (C=O) groups is 2. The number of thiophene rings is 1. The zero-order chi connectivity index (χ0) is 20.8. The molecule has 6 nitrogen and oxygen atoms in total. The second kappa shape index (κ2) is 10.2. The lowest BCUT2D eigenvalue weighted by Gasteiger charge is -2.06. The molecule has 0 unspecified atom stereocenters. The van der Waals surface area contributed by atoms with Crippen LogP contribution in [0.3, 0.4) is 0 Å². The number of anilines is 1. The Bertz CT molecular complexity index is 982. The number of nitrogens with one attached hydrogen (secondary N) is 1. The lowest BCUT2D eigenvalue weighted by Crippen LogP contribution is -2.17. The molecule has 2 aromatic heterocycles. The van der Waals surface area contributed by atoms with Gasteiger partial charge in [0.25, 0.3) is 5.91 Å². The molecule has 2 heterocycles. The Morgan fingerprint density at radius 3 is 2.45 bits per heavy atom. The smallest absolute Gasteiger partial charge is 0.251 e. The average Bonchev–Trinajstić information content (AvgIpc) is 3.34. The van der Waals surface area contributed by atoms with Gasteiger partial charge in [0.2, 0.25) is 5.91 Å². The van der Waals surface area contributed by atoms with Crippen LogP contribution in [-0.2, 0) is 10.5 Å². The molecule has 0 bridgehead atoms. The summed E-state index contributed by atoms with van der Waals surface area (Å²) in [5, 5.41) is 13.2. The van der Waals surface area contributed by atoms with Gasteiger partial charge in [0.1, 0.15) is 5.00 Å². The monoisotopic (exact) mass is 464 g/mol. The molecule has 3 N–H and O–H groups in total. The van der Waals surface area contributed by atoms with E-state index >= 15 is 0 Å². The van der Waals surface area contributed by atoms with Gasteiger partial charge in [-0.1, -0.05) is 73.0 Å². The Kier molecular flexibility index (Phi) is 7.70. The van der Waals surface area contributed by atoms with E-state index < -0.39 is 5.91 Å². The lowest BCUT2D eigenvalue weighted by molar-refractivity contribution is -0.113. The third-order valence-corrected chi connectivity index (χ3v) is 8.00. The number of amides is 2. The summed E-state index contributed by atoms with van der Waals surface area (Å²) in [5.74, 6) is 0.769. The van der Waals surface area contributed by atoms with Crippen molar-refractivity contribution in [1.29, 1.82) is 0 Å². The molecule has 0 aliphatic carbocycles. The van der Waals surface area contributed by atoms with Crippen molar-refractivity contribution in [3.63, 3.8) is 0 Å². The van der Waals surface area contributed by atoms with Crippen molar-refractivity contribution in [2.45, 2.75) is 34.2 Å². The molecule has 0 saturated heterocycles. The molecule has 0 atom stereocenters. The first-order valence-corrected chi connectivity index (χ1v) is 12.4. The van der Waals surface area contributed by atoms with Gasteiger partial charge in [-0.3, -0.25) is 9.59 Å². The summed E-state index contributed by atoms with van der Waals surface area (Å²) in [7, 11) is 0. The summed E-state index contributed by atoms with van der Waals surface area (Å²) in [4.78, 5) is 23.4. The van der Waals surface area contributed by atoms with Gasteiger partial charge in [-0.15, -0.1) is 21.5 Å². The molecule has 29 heavy (non-hydrogen) atoms. The van der Waals surface area contributed by atoms with E-state index in [2.05, 4.69) is 53.6 Å². The fourth-order valence-electron chi connectivity index (χ4n) is 2.35. The van der Waals surface area contributed by atoms with E-state index in [1.165, 1.54) is 45.6 Å². The van der Waals surface area contributed by atoms with Gasteiger partial charge < -0.3 is 11.1 Å². The molecule has 0 saturated carbocycles. The highest BCUT2D eigenvalue weighted by atomic mass is 32.2. The molecule has 0 aliphatic rings. The molecule has 152 valence electrons. The van der Waals surface area contributed by atoms with Crippen LogP contribution in [-0.4, -0.2) is 27.8 Å². The highest BCUT2D eigenvalue weighted by Gasteiger charge is 2.14. The number of nitrogens with zero attached hydrogens (tertiary/aromatic N) is 2. The molecule has 0 aliphatic heterocycles. The van der Waals surface area contributed by atoms with Crippen molar-refractivity contribution in [1.82, 2.24) is 10.2 Å². The Balaban J connectivity index is 1.46. The lowest BCUT2D eigenvalue weighted by atomic mass is 10.0. The number of rotatable bonds is 9. The standard InChI is InChI=1S/C19H20N4O2S4/c1-11(2)13-5-3-12(4-6-13)9-27-18-22-23-19(29-18)28-10-15(24)21-17-14(16(20)25)7-8-26-17/h3-8,11H,9-10H2,1-2H3,(H2,20,25)(H,21,24). The van der Waals surface area contributed by atoms with E-state index in [-0.39, 0.29) is 11.7 Å². The number of aromatic nitrogens is 2. The molecule has 2 amide bonds. The number of primary amides is 1. The molecule has 0 spiro atoms. The van der Waals surface area contributed by atoms with E-state index in [4.69, 9.17) is 5.73 Å². The molecule has 0 fully saturated rings. The number of hydrogen-bond donors (Lipinski definition) is 2. The number of nitrogens with two attached hydrogens (primary N) is 1. The first kappa shape index (κ1) is 21.8. The number of carbonyl (C=O) groups excluding carboxylic acids is 2. The first-order valence-electron chi connectivity index (χ1n) is 8.77. The van der Waals surface area contributed by atoms with Crippen LogP contribution in [0.5, 0.6) is 0 Å². The molecule has 3 rings (SSSR count). The third-order valence-electron chi connectivity index (χ3n) is 3.91. The van der Waals surface area contributed by atoms with Crippen LogP contribution < -0.4 is 11.1 Å². The summed E-state index contributed by atoms with van der Waals surface area (Å²) >= 11 is 5.69. The van der Waals surface area contributed by atoms with Crippen LogP contribution in [0.2, 0.25) is 0 Å². The average molecular weight is 465 g/mol. The molecule has 3 aromatic rings. The molecule has 0 radical (unpaired) electrons. The second-order valence-corrected chi connectivity index (χ2v) is 10.7. The van der Waals surface area contributed by atoms with Crippen molar-refractivity contribution >= 4 is 63.0 Å². The predicted octanol–water partition coefficient (Wildman–Crippen LogP) is 4.85. The van der Waals surface area contributed by atoms with Crippen LogP contribution in [0, 0.1) is 0 Å². The van der Waals surface area contributed by atoms with E-state index in [0.29, 0.717) is 16.5 Å². The van der Waals surface area contributed by atoms with Gasteiger partial charge in [0.15, 0.2) is 8.68 Å². The Labute approximate surface area is 185 Å². The van der Waals surface area contributed by atoms with Gasteiger partial charge in [-0.25, -0.2) is 0 Å². The van der Waals surface area contributed by atoms with E-state index in [9.17, 15) is 9.59 Å². The van der Waals surface area contributed by atoms with Crippen molar-refractivity contribution in [3.05, 3.63) is 52.4 Å². The minimum atomic E-state index is -0.557. The summed E-state index contributed by atoms with van der Waals surface area (Å²) in [6, 6.07) is 10.2. The highest BCUT2D eigenvalue weighted by molar-refractivity contribution is 8.03. The Morgan fingerprint density at radius 1 is 1.10 bits per heavy atom. The van der Waals surface area contributed by atoms with E-state index in [0.717, 1.165) is 14.4 Å². The zero-order valence-electron chi connectivity index (χ0n) is 15.9. The molecular weight excluding hydrogens is 445 g/mol. The minimum Gasteiger partial charge on any atom is -0.366 e. The van der Waals surface area contributed by atoms with Crippen LogP contribution in [0.25, 0.3) is 0 Å². The summed E-state index contributed by atoms with van der Waals surface area (Å²) in [6.07, 6.45) is 0. The van der Waals surface area contributed by atoms with Crippen LogP contribution >= 0.6 is 46.2 Å². The molecular formula is C19H20N4O2S4. The molecule has 1 aromatic carbocycles. The SMILES string of the molecule is CC(C)c1ccc(CSc2nnc(SCC(=O)Nc3sccc3C(N)=O)s2)cc1. The summed E-state index contributed by atoms with van der Waals surface area (Å²) < 4.78 is 1.61. The number of thioether (sulfide) groups is 2. The van der Waals surface area contributed by atoms with Gasteiger partial charge in [0, 0.05) is 5.75 Å². The predicted molar refractivity (Wildman–Crippen MR) is 122 cm³/mol. The largest absolute Gasteiger partial charge is 0.366 e. The fraction of sp³-hybridized carbons (Fsp3) is 0.263. The topological polar surface area (TPSA) is 98.0 Å². The maximum absolute atomic E-state index is 12.1. The number of benzene rings is 1. The fourth-order valence-corrected chi connectivity index (χ4v) is 5.93. The minimum absolute atomic E-state index is 0.187. The normalized spacial score (nSPS) is 11.0. The van der Waals surface area contributed by atoms with Crippen LogP contribution in [0.15, 0.2) is 44.4 Å².